The van der Waals surface area contributed by atoms with E-state index in [1.807, 2.05) is 6.92 Å². The minimum absolute atomic E-state index is 0. The molecule has 0 aliphatic carbocycles. The second-order valence-electron chi connectivity index (χ2n) is 7.26. The summed E-state index contributed by atoms with van der Waals surface area (Å²) in [6.45, 7) is 2.42. The second kappa shape index (κ2) is 9.61. The fraction of sp³-hybridized carbons (Fsp3) is 0.120. The van der Waals surface area contributed by atoms with E-state index in [4.69, 9.17) is 16.3 Å². The third-order valence-corrected chi connectivity index (χ3v) is 5.27. The number of ether oxygens (including phenoxy) is 1. The molecule has 0 saturated heterocycles. The number of amides is 1. The smallest absolute Gasteiger partial charge is 0.435 e. The minimum atomic E-state index is -4.63. The summed E-state index contributed by atoms with van der Waals surface area (Å²) in [5.41, 5.74) is 0.841. The van der Waals surface area contributed by atoms with E-state index in [-0.39, 0.29) is 18.1 Å². The highest BCUT2D eigenvalue weighted by Gasteiger charge is 2.35. The van der Waals surface area contributed by atoms with Gasteiger partial charge in [-0.05, 0) is 61.5 Å². The van der Waals surface area contributed by atoms with Crippen molar-refractivity contribution in [2.75, 3.05) is 11.9 Å². The van der Waals surface area contributed by atoms with Gasteiger partial charge in [-0.1, -0.05) is 35.9 Å². The summed E-state index contributed by atoms with van der Waals surface area (Å²) in [6, 6.07) is 20.6. The number of anilines is 1. The largest absolute Gasteiger partial charge is 0.494 e. The van der Waals surface area contributed by atoms with E-state index in [1.165, 1.54) is 12.1 Å². The molecule has 1 amide bonds. The van der Waals surface area contributed by atoms with Crippen LogP contribution in [0, 0.1) is 0 Å². The van der Waals surface area contributed by atoms with Gasteiger partial charge < -0.3 is 10.1 Å². The molecule has 0 bridgehead atoms. The number of rotatable bonds is 6. The third-order valence-electron chi connectivity index (χ3n) is 4.95. The van der Waals surface area contributed by atoms with Crippen molar-refractivity contribution in [3.63, 3.8) is 0 Å². The van der Waals surface area contributed by atoms with Gasteiger partial charge in [-0.3, -0.25) is 4.79 Å². The lowest BCUT2D eigenvalue weighted by molar-refractivity contribution is -0.141. The van der Waals surface area contributed by atoms with Gasteiger partial charge in [0.1, 0.15) is 5.75 Å². The van der Waals surface area contributed by atoms with Crippen molar-refractivity contribution < 1.29 is 24.1 Å². The van der Waals surface area contributed by atoms with Gasteiger partial charge in [0, 0.05) is 18.2 Å². The summed E-state index contributed by atoms with van der Waals surface area (Å²) in [4.78, 5) is 12.6. The molecule has 1 N–H and O–H groups in total. The zero-order valence-electron chi connectivity index (χ0n) is 17.9. The molecule has 0 spiro atoms. The molecule has 1 aromatic heterocycles. The molecule has 5 nitrogen and oxygen atoms in total. The average Bonchev–Trinajstić information content (AvgIpc) is 3.27. The van der Waals surface area contributed by atoms with E-state index in [2.05, 4.69) is 10.4 Å². The Labute approximate surface area is 200 Å². The van der Waals surface area contributed by atoms with Crippen LogP contribution >= 0.6 is 11.6 Å². The number of hydrogen-bond donors (Lipinski definition) is 1. The quantitative estimate of drug-likeness (QED) is 0.315. The van der Waals surface area contributed by atoms with Crippen molar-refractivity contribution >= 4 is 23.2 Å². The maximum atomic E-state index is 13.4. The summed E-state index contributed by atoms with van der Waals surface area (Å²) >= 11 is 6.21. The number of benzene rings is 3. The van der Waals surface area contributed by atoms with Gasteiger partial charge in [0.2, 0.25) is 0 Å². The lowest BCUT2D eigenvalue weighted by Gasteiger charge is -2.10. The molecule has 34 heavy (non-hydrogen) atoms. The first-order chi connectivity index (χ1) is 16.3. The zero-order valence-corrected chi connectivity index (χ0v) is 18.7. The fourth-order valence-corrected chi connectivity index (χ4v) is 3.54. The van der Waals surface area contributed by atoms with Gasteiger partial charge in [-0.2, -0.15) is 18.3 Å². The van der Waals surface area contributed by atoms with Gasteiger partial charge in [0.05, 0.1) is 23.0 Å². The number of para-hydroxylation sites is 1. The highest BCUT2D eigenvalue weighted by Crippen LogP contribution is 2.34. The maximum absolute atomic E-state index is 13.4. The Morgan fingerprint density at radius 2 is 1.74 bits per heavy atom. The summed E-state index contributed by atoms with van der Waals surface area (Å²) in [5, 5.41) is 6.77. The number of carbonyl (C=O) groups is 1. The number of hydrogen-bond acceptors (Lipinski definition) is 3. The number of nitrogens with zero attached hydrogens (tertiary/aromatic N) is 2. The van der Waals surface area contributed by atoms with Crippen LogP contribution in [-0.2, 0) is 6.18 Å². The Hall–Kier alpha value is -3.78. The molecule has 0 radical (unpaired) electrons. The normalized spacial score (nSPS) is 11.3. The Morgan fingerprint density at radius 1 is 1.06 bits per heavy atom. The van der Waals surface area contributed by atoms with Crippen LogP contribution in [0.2, 0.25) is 5.02 Å². The van der Waals surface area contributed by atoms with E-state index in [9.17, 15) is 18.0 Å². The molecular formula is C25H21ClF3N3O2. The van der Waals surface area contributed by atoms with Crippen molar-refractivity contribution in [1.29, 1.82) is 0 Å². The average molecular weight is 488 g/mol. The molecule has 0 atom stereocenters. The van der Waals surface area contributed by atoms with Crippen LogP contribution < -0.4 is 10.1 Å². The van der Waals surface area contributed by atoms with Crippen LogP contribution in [0.3, 0.4) is 0 Å². The van der Waals surface area contributed by atoms with Crippen LogP contribution in [0.4, 0.5) is 18.9 Å². The first-order valence-electron chi connectivity index (χ1n) is 10.3. The summed E-state index contributed by atoms with van der Waals surface area (Å²) in [5.74, 6) is 0.338. The van der Waals surface area contributed by atoms with Gasteiger partial charge >= 0.3 is 6.18 Å². The molecule has 0 aliphatic heterocycles. The molecule has 0 unspecified atom stereocenters. The predicted octanol–water partition coefficient (Wildman–Crippen LogP) is 7.11. The zero-order chi connectivity index (χ0) is 24.3. The van der Waals surface area contributed by atoms with E-state index in [0.29, 0.717) is 34.9 Å². The molecule has 0 saturated carbocycles. The van der Waals surface area contributed by atoms with Crippen molar-refractivity contribution in [3.8, 4) is 22.7 Å². The Balaban J connectivity index is 0.00000342. The summed E-state index contributed by atoms with van der Waals surface area (Å²) < 4.78 is 46.7. The lowest BCUT2D eigenvalue weighted by atomic mass is 10.1. The third kappa shape index (κ3) is 5.07. The SMILES string of the molecule is CCOc1ccc(NC(=O)c2ccc(-c3cc(C(F)(F)F)nn3-c3ccccc3Cl)cc2)cc1.[HH]. The van der Waals surface area contributed by atoms with Crippen molar-refractivity contribution in [2.45, 2.75) is 13.1 Å². The standard InChI is InChI=1S/C25H19ClF3N3O2.H2/c1-2-34-19-13-11-18(12-14-19)30-24(33)17-9-7-16(8-10-17)22-15-23(25(27,28)29)31-32(22)21-6-4-3-5-20(21)26;/h3-15H,2H2,1H3,(H,30,33);1H. The highest BCUT2D eigenvalue weighted by molar-refractivity contribution is 6.32. The number of nitrogens with one attached hydrogen (secondary N) is 1. The molecule has 0 fully saturated rings. The molecular weight excluding hydrogens is 467 g/mol. The Bertz CT molecular complexity index is 1310. The number of alkyl halides is 3. The van der Waals surface area contributed by atoms with Gasteiger partial charge in [-0.25, -0.2) is 4.68 Å². The van der Waals surface area contributed by atoms with Gasteiger partial charge in [0.15, 0.2) is 5.69 Å². The molecule has 176 valence electrons. The minimum Gasteiger partial charge on any atom is -0.494 e. The second-order valence-corrected chi connectivity index (χ2v) is 7.67. The van der Waals surface area contributed by atoms with Crippen LogP contribution in [0.5, 0.6) is 5.75 Å². The van der Waals surface area contributed by atoms with Gasteiger partial charge in [0.25, 0.3) is 5.91 Å². The molecule has 4 aromatic rings. The Kier molecular flexibility index (Phi) is 6.61. The van der Waals surface area contributed by atoms with Crippen molar-refractivity contribution in [3.05, 3.63) is 95.1 Å². The summed E-state index contributed by atoms with van der Waals surface area (Å²) in [7, 11) is 0. The highest BCUT2D eigenvalue weighted by atomic mass is 35.5. The van der Waals surface area contributed by atoms with E-state index < -0.39 is 11.9 Å². The van der Waals surface area contributed by atoms with E-state index in [1.54, 1.807) is 60.7 Å². The maximum Gasteiger partial charge on any atom is 0.435 e. The number of carbonyl (C=O) groups excluding carboxylic acids is 1. The summed E-state index contributed by atoms with van der Waals surface area (Å²) in [6.07, 6.45) is -4.63. The predicted molar refractivity (Wildman–Crippen MR) is 127 cm³/mol. The number of halogens is 4. The number of aromatic nitrogens is 2. The molecule has 4 rings (SSSR count). The Morgan fingerprint density at radius 3 is 2.35 bits per heavy atom. The first-order valence-corrected chi connectivity index (χ1v) is 10.7. The van der Waals surface area contributed by atoms with Crippen LogP contribution in [0.25, 0.3) is 16.9 Å². The molecule has 0 aliphatic rings. The van der Waals surface area contributed by atoms with E-state index >= 15 is 0 Å². The molecule has 1 heterocycles. The van der Waals surface area contributed by atoms with Crippen LogP contribution in [0.15, 0.2) is 78.9 Å². The molecule has 3 aromatic carbocycles. The lowest BCUT2D eigenvalue weighted by Crippen LogP contribution is -2.11. The monoisotopic (exact) mass is 487 g/mol. The first kappa shape index (κ1) is 23.4. The van der Waals surface area contributed by atoms with Gasteiger partial charge in [-0.15, -0.1) is 0 Å². The fourth-order valence-electron chi connectivity index (χ4n) is 3.33. The van der Waals surface area contributed by atoms with Crippen LogP contribution in [-0.4, -0.2) is 22.3 Å². The van der Waals surface area contributed by atoms with Crippen molar-refractivity contribution in [2.24, 2.45) is 0 Å². The van der Waals surface area contributed by atoms with Crippen LogP contribution in [0.1, 0.15) is 24.4 Å². The van der Waals surface area contributed by atoms with Crippen molar-refractivity contribution in [1.82, 2.24) is 9.78 Å². The van der Waals surface area contributed by atoms with E-state index in [0.717, 1.165) is 10.7 Å². The molecule has 9 heteroatoms. The topological polar surface area (TPSA) is 56.1 Å².